The van der Waals surface area contributed by atoms with E-state index in [0.29, 0.717) is 22.3 Å². The first-order valence-electron chi connectivity index (χ1n) is 20.8. The van der Waals surface area contributed by atoms with Gasteiger partial charge in [0.25, 0.3) is 0 Å². The number of para-hydroxylation sites is 1. The Kier molecular flexibility index (Phi) is 5.58. The Balaban J connectivity index is 1.03. The van der Waals surface area contributed by atoms with Crippen LogP contribution in [0, 0.1) is 0 Å². The molecule has 0 fully saturated rings. The molecule has 0 N–H and O–H groups in total. The highest BCUT2D eigenvalue weighted by Crippen LogP contribution is 2.40. The number of benzene rings is 9. The predicted molar refractivity (Wildman–Crippen MR) is 229 cm³/mol. The maximum atomic E-state index is 8.78. The topological polar surface area (TPSA) is 65.0 Å². The van der Waals surface area contributed by atoms with E-state index >= 15 is 0 Å². The normalized spacial score (nSPS) is 13.2. The van der Waals surface area contributed by atoms with E-state index in [1.54, 1.807) is 0 Å². The van der Waals surface area contributed by atoms with Gasteiger partial charge in [-0.1, -0.05) is 121 Å². The molecular weight excluding hydrogens is 687 g/mol. The monoisotopic (exact) mass is 720 g/mol. The zero-order valence-corrected chi connectivity index (χ0v) is 29.5. The Morgan fingerprint density at radius 2 is 0.714 bits per heavy atom. The molecule has 0 aliphatic heterocycles. The van der Waals surface area contributed by atoms with Gasteiger partial charge < -0.3 is 8.83 Å². The van der Waals surface area contributed by atoms with Gasteiger partial charge in [-0.2, -0.15) is 0 Å². The molecule has 0 unspecified atom stereocenters. The summed E-state index contributed by atoms with van der Waals surface area (Å²) in [6, 6.07) is 47.0. The number of fused-ring (bicyclic) bond motifs is 12. The largest absolute Gasteiger partial charge is 0.456 e. The average molecular weight is 721 g/mol. The molecule has 0 aliphatic carbocycles. The number of rotatable bonds is 4. The van der Waals surface area contributed by atoms with E-state index in [4.69, 9.17) is 30.6 Å². The molecule has 0 aliphatic rings. The van der Waals surface area contributed by atoms with Crippen LogP contribution in [0.4, 0.5) is 0 Å². The molecule has 0 amide bonds. The fourth-order valence-corrected chi connectivity index (χ4v) is 8.16. The molecule has 260 valence electrons. The van der Waals surface area contributed by atoms with Crippen LogP contribution in [0.3, 0.4) is 0 Å². The van der Waals surface area contributed by atoms with Gasteiger partial charge in [0, 0.05) is 38.2 Å². The number of aromatic nitrogens is 3. The maximum absolute atomic E-state index is 8.78. The van der Waals surface area contributed by atoms with E-state index in [2.05, 4.69) is 78.9 Å². The molecule has 0 saturated heterocycles. The molecule has 3 aromatic heterocycles. The summed E-state index contributed by atoms with van der Waals surface area (Å²) in [5.74, 6) is 0.473. The van der Waals surface area contributed by atoms with Gasteiger partial charge >= 0.3 is 0 Å². The van der Waals surface area contributed by atoms with E-state index in [1.165, 1.54) is 32.3 Å². The summed E-state index contributed by atoms with van der Waals surface area (Å²) >= 11 is 0. The third-order valence-electron chi connectivity index (χ3n) is 10.8. The zero-order chi connectivity index (χ0) is 41.1. The van der Waals surface area contributed by atoms with Gasteiger partial charge in [0.2, 0.25) is 0 Å². The van der Waals surface area contributed by atoms with Crippen LogP contribution in [-0.4, -0.2) is 15.0 Å². The summed E-state index contributed by atoms with van der Waals surface area (Å²) in [5.41, 5.74) is 6.03. The molecule has 9 aromatic carbocycles. The van der Waals surface area contributed by atoms with E-state index in [9.17, 15) is 0 Å². The highest BCUT2D eigenvalue weighted by Gasteiger charge is 2.17. The van der Waals surface area contributed by atoms with Gasteiger partial charge in [0.15, 0.2) is 17.5 Å². The number of hydrogen-bond donors (Lipinski definition) is 0. The fraction of sp³-hybridized carbons (Fsp3) is 0. The van der Waals surface area contributed by atoms with Crippen molar-refractivity contribution in [2.45, 2.75) is 0 Å². The zero-order valence-electron chi connectivity index (χ0n) is 34.5. The van der Waals surface area contributed by atoms with E-state index in [0.717, 1.165) is 43.8 Å². The minimum atomic E-state index is -0.495. The van der Waals surface area contributed by atoms with Crippen molar-refractivity contribution in [2.24, 2.45) is 0 Å². The Bertz CT molecular complexity index is 3790. The lowest BCUT2D eigenvalue weighted by Gasteiger charge is -2.12. The summed E-state index contributed by atoms with van der Waals surface area (Å²) < 4.78 is 55.1. The SMILES string of the molecule is [2H]c1c([2H])c([2H])c(-c2nc(-c3ccc4c(c3)oc3ccccc34)nc(-c3ccc4oc5ccc(-c6ccc7c8ccccc8c8ccccc8c7c6)cc5c4c3)n2)c([2H])c1[2H]. The van der Waals surface area contributed by atoms with Crippen molar-refractivity contribution in [1.29, 1.82) is 0 Å². The van der Waals surface area contributed by atoms with Crippen LogP contribution in [0.15, 0.2) is 185 Å². The Labute approximate surface area is 327 Å². The lowest BCUT2D eigenvalue weighted by molar-refractivity contribution is 0.668. The van der Waals surface area contributed by atoms with Crippen molar-refractivity contribution < 1.29 is 15.7 Å². The van der Waals surface area contributed by atoms with Crippen molar-refractivity contribution >= 4 is 76.2 Å². The van der Waals surface area contributed by atoms with E-state index in [-0.39, 0.29) is 23.0 Å². The molecule has 12 rings (SSSR count). The Hall–Kier alpha value is -7.63. The summed E-state index contributed by atoms with van der Waals surface area (Å²) in [6.07, 6.45) is 0. The molecule has 0 radical (unpaired) electrons. The lowest BCUT2D eigenvalue weighted by Crippen LogP contribution is -2.00. The van der Waals surface area contributed by atoms with Crippen LogP contribution in [0.5, 0.6) is 0 Å². The van der Waals surface area contributed by atoms with E-state index in [1.807, 2.05) is 66.7 Å². The molecule has 0 saturated carbocycles. The third-order valence-corrected chi connectivity index (χ3v) is 10.8. The number of furan rings is 2. The van der Waals surface area contributed by atoms with Crippen molar-refractivity contribution in [3.8, 4) is 45.3 Å². The molecule has 0 spiro atoms. The minimum absolute atomic E-state index is 0.0438. The van der Waals surface area contributed by atoms with Crippen molar-refractivity contribution in [3.05, 3.63) is 176 Å². The first-order chi connectivity index (χ1) is 29.8. The fourth-order valence-electron chi connectivity index (χ4n) is 8.16. The highest BCUT2D eigenvalue weighted by atomic mass is 16.3. The molecule has 5 nitrogen and oxygen atoms in total. The summed E-state index contributed by atoms with van der Waals surface area (Å²) in [5, 5.41) is 10.9. The lowest BCUT2D eigenvalue weighted by atomic mass is 9.92. The van der Waals surface area contributed by atoms with Crippen LogP contribution >= 0.6 is 0 Å². The maximum Gasteiger partial charge on any atom is 0.164 e. The molecule has 12 aromatic rings. The van der Waals surface area contributed by atoms with Gasteiger partial charge in [-0.3, -0.25) is 0 Å². The average Bonchev–Trinajstić information content (AvgIpc) is 3.87. The van der Waals surface area contributed by atoms with Crippen molar-refractivity contribution in [1.82, 2.24) is 15.0 Å². The Morgan fingerprint density at radius 1 is 0.304 bits per heavy atom. The van der Waals surface area contributed by atoms with E-state index < -0.39 is 30.2 Å². The summed E-state index contributed by atoms with van der Waals surface area (Å²) in [6.45, 7) is 0. The summed E-state index contributed by atoms with van der Waals surface area (Å²) in [7, 11) is 0. The van der Waals surface area contributed by atoms with Gasteiger partial charge in [-0.15, -0.1) is 0 Å². The molecule has 0 bridgehead atoms. The van der Waals surface area contributed by atoms with Crippen molar-refractivity contribution in [2.75, 3.05) is 0 Å². The number of nitrogens with zero attached hydrogens (tertiary/aromatic N) is 3. The first-order valence-corrected chi connectivity index (χ1v) is 18.3. The first kappa shape index (κ1) is 26.2. The van der Waals surface area contributed by atoms with Gasteiger partial charge in [-0.25, -0.2) is 15.0 Å². The van der Waals surface area contributed by atoms with Gasteiger partial charge in [0.1, 0.15) is 22.3 Å². The third kappa shape index (κ3) is 4.78. The smallest absolute Gasteiger partial charge is 0.164 e. The summed E-state index contributed by atoms with van der Waals surface area (Å²) in [4.78, 5) is 14.5. The molecule has 0 atom stereocenters. The van der Waals surface area contributed by atoms with Crippen molar-refractivity contribution in [3.63, 3.8) is 0 Å². The second kappa shape index (κ2) is 11.9. The van der Waals surface area contributed by atoms with Gasteiger partial charge in [-0.05, 0) is 98.0 Å². The molecular formula is C51H29N3O2. The van der Waals surface area contributed by atoms with Crippen LogP contribution in [0.25, 0.3) is 121 Å². The van der Waals surface area contributed by atoms with Crippen LogP contribution in [-0.2, 0) is 0 Å². The predicted octanol–water partition coefficient (Wildman–Crippen LogP) is 13.8. The van der Waals surface area contributed by atoms with Crippen LogP contribution < -0.4 is 0 Å². The second-order valence-corrected chi connectivity index (χ2v) is 14.0. The standard InChI is InChI=1S/C51H29N3O2/c1-2-10-30(11-3-1)49-52-50(54-51(53-49)34-19-23-41-40-16-8-9-17-45(40)56-48(41)29-34)33-21-25-47-44(28-33)43-27-32(20-24-46(43)55-47)31-18-22-39-37-14-5-4-12-35(37)36-13-6-7-15-38(36)42(39)26-31/h1-29H/i1D,2D,3D,10D,11D. The Morgan fingerprint density at radius 3 is 1.39 bits per heavy atom. The molecule has 56 heavy (non-hydrogen) atoms. The van der Waals surface area contributed by atoms with Gasteiger partial charge in [0.05, 0.1) is 6.85 Å². The molecule has 3 heterocycles. The van der Waals surface area contributed by atoms with Crippen LogP contribution in [0.2, 0.25) is 0 Å². The molecule has 5 heteroatoms. The van der Waals surface area contributed by atoms with Crippen LogP contribution in [0.1, 0.15) is 6.85 Å². The second-order valence-electron chi connectivity index (χ2n) is 14.0. The number of hydrogen-bond acceptors (Lipinski definition) is 5. The highest BCUT2D eigenvalue weighted by molar-refractivity contribution is 6.25. The minimum Gasteiger partial charge on any atom is -0.456 e. The quantitative estimate of drug-likeness (QED) is 0.169.